The Labute approximate surface area is 197 Å². The van der Waals surface area contributed by atoms with Crippen molar-refractivity contribution in [3.63, 3.8) is 0 Å². The molecule has 2 heterocycles. The predicted molar refractivity (Wildman–Crippen MR) is 132 cm³/mol. The number of hydrogen-bond donors (Lipinski definition) is 2. The lowest BCUT2D eigenvalue weighted by Crippen LogP contribution is -2.26. The zero-order chi connectivity index (χ0) is 21.6. The molecule has 2 amide bonds. The van der Waals surface area contributed by atoms with Crippen molar-refractivity contribution in [3.8, 4) is 0 Å². The maximum Gasteiger partial charge on any atom is 0.261 e. The molecule has 5 nitrogen and oxygen atoms in total. The molecule has 0 unspecified atom stereocenters. The molecule has 2 aromatic carbocycles. The number of carbonyl (C=O) groups excluding carboxylic acids is 2. The number of carbonyl (C=O) groups is 2. The van der Waals surface area contributed by atoms with Gasteiger partial charge in [0.15, 0.2) is 0 Å². The Morgan fingerprint density at radius 3 is 2.61 bits per heavy atom. The number of anilines is 1. The second-order valence-electron chi connectivity index (χ2n) is 6.78. The van der Waals surface area contributed by atoms with Gasteiger partial charge in [0.1, 0.15) is 0 Å². The number of rotatable bonds is 8. The Bertz CT molecular complexity index is 1190. The second-order valence-corrected chi connectivity index (χ2v) is 9.66. The van der Waals surface area contributed by atoms with Crippen LogP contribution < -0.4 is 10.6 Å². The summed E-state index contributed by atoms with van der Waals surface area (Å²) in [7, 11) is 0. The highest BCUT2D eigenvalue weighted by Crippen LogP contribution is 2.30. The molecule has 0 aliphatic rings. The minimum atomic E-state index is -0.0503. The topological polar surface area (TPSA) is 63.1 Å². The number of aromatic nitrogens is 1. The van der Waals surface area contributed by atoms with E-state index < -0.39 is 0 Å². The van der Waals surface area contributed by atoms with Crippen molar-refractivity contribution in [1.82, 2.24) is 9.88 Å². The molecule has 2 aromatic heterocycles. The smallest absolute Gasteiger partial charge is 0.261 e. The van der Waals surface area contributed by atoms with Crippen LogP contribution in [0.2, 0.25) is 0 Å². The normalized spacial score (nSPS) is 10.9. The van der Waals surface area contributed by atoms with E-state index in [1.807, 2.05) is 53.9 Å². The van der Waals surface area contributed by atoms with Gasteiger partial charge in [0, 0.05) is 45.2 Å². The van der Waals surface area contributed by atoms with Crippen molar-refractivity contribution >= 4 is 67.4 Å². The minimum Gasteiger partial charge on any atom is -0.350 e. The van der Waals surface area contributed by atoms with Crippen LogP contribution in [0.4, 0.5) is 5.69 Å². The molecule has 158 valence electrons. The van der Waals surface area contributed by atoms with Crippen LogP contribution in [0, 0.1) is 0 Å². The summed E-state index contributed by atoms with van der Waals surface area (Å²) >= 11 is 6.34. The fourth-order valence-electron chi connectivity index (χ4n) is 3.17. The predicted octanol–water partition coefficient (Wildman–Crippen LogP) is 5.63. The molecular weight excluding hydrogens is 494 g/mol. The van der Waals surface area contributed by atoms with Gasteiger partial charge in [0.2, 0.25) is 5.91 Å². The summed E-state index contributed by atoms with van der Waals surface area (Å²) < 4.78 is 3.10. The van der Waals surface area contributed by atoms with E-state index in [0.29, 0.717) is 23.7 Å². The molecule has 0 spiro atoms. The molecule has 0 bridgehead atoms. The first kappa shape index (κ1) is 21.7. The summed E-state index contributed by atoms with van der Waals surface area (Å²) in [6.07, 6.45) is 2.06. The van der Waals surface area contributed by atoms with E-state index in [1.54, 1.807) is 0 Å². The molecule has 31 heavy (non-hydrogen) atoms. The summed E-state index contributed by atoms with van der Waals surface area (Å²) in [5.41, 5.74) is 1.86. The third kappa shape index (κ3) is 5.58. The molecule has 4 aromatic rings. The number of nitrogens with zero attached hydrogens (tertiary/aromatic N) is 1. The van der Waals surface area contributed by atoms with Crippen LogP contribution in [-0.4, -0.2) is 28.7 Å². The molecule has 8 heteroatoms. The first-order valence-corrected chi connectivity index (χ1v) is 12.3. The van der Waals surface area contributed by atoms with Crippen LogP contribution in [-0.2, 0) is 11.3 Å². The molecule has 2 N–H and O–H groups in total. The highest BCUT2D eigenvalue weighted by atomic mass is 79.9. The molecule has 0 radical (unpaired) electrons. The van der Waals surface area contributed by atoms with Crippen molar-refractivity contribution in [1.29, 1.82) is 0 Å². The average Bonchev–Trinajstić information content (AvgIpc) is 3.43. The minimum absolute atomic E-state index is 0.0487. The molecule has 4 rings (SSSR count). The lowest BCUT2D eigenvalue weighted by atomic mass is 10.2. The van der Waals surface area contributed by atoms with Crippen LogP contribution >= 0.6 is 39.0 Å². The molecule has 0 fully saturated rings. The Hall–Kier alpha value is -2.55. The highest BCUT2D eigenvalue weighted by Gasteiger charge is 2.12. The standard InChI is InChI=1S/C23H20BrN3O2S2/c24-16-7-9-17(10-8-16)26-22(28)15-31-21-14-27(19-5-2-1-4-18(19)21)12-11-25-23(29)20-6-3-13-30-20/h1-10,13-14H,11-12,15H2,(H,25,29)(H,26,28). The summed E-state index contributed by atoms with van der Waals surface area (Å²) in [4.78, 5) is 26.3. The van der Waals surface area contributed by atoms with E-state index in [-0.39, 0.29) is 11.8 Å². The van der Waals surface area contributed by atoms with E-state index in [4.69, 9.17) is 0 Å². The highest BCUT2D eigenvalue weighted by molar-refractivity contribution is 9.10. The number of nitrogens with one attached hydrogen (secondary N) is 2. The average molecular weight is 514 g/mol. The Balaban J connectivity index is 1.38. The fraction of sp³-hybridized carbons (Fsp3) is 0.130. The molecule has 0 aliphatic carbocycles. The van der Waals surface area contributed by atoms with E-state index in [1.165, 1.54) is 23.1 Å². The van der Waals surface area contributed by atoms with Crippen molar-refractivity contribution in [2.24, 2.45) is 0 Å². The second kappa shape index (κ2) is 10.2. The van der Waals surface area contributed by atoms with Crippen molar-refractivity contribution in [2.45, 2.75) is 11.4 Å². The van der Waals surface area contributed by atoms with Gasteiger partial charge in [-0.1, -0.05) is 40.2 Å². The van der Waals surface area contributed by atoms with Gasteiger partial charge in [0.05, 0.1) is 10.6 Å². The summed E-state index contributed by atoms with van der Waals surface area (Å²) in [6, 6.07) is 19.3. The first-order chi connectivity index (χ1) is 15.1. The summed E-state index contributed by atoms with van der Waals surface area (Å²) in [5.74, 6) is 0.220. The summed E-state index contributed by atoms with van der Waals surface area (Å²) in [6.45, 7) is 1.19. The van der Waals surface area contributed by atoms with E-state index in [0.717, 1.165) is 26.0 Å². The number of hydrogen-bond acceptors (Lipinski definition) is 4. The molecule has 0 saturated heterocycles. The largest absolute Gasteiger partial charge is 0.350 e. The number of thioether (sulfide) groups is 1. The molecule has 0 saturated carbocycles. The molecule has 0 aliphatic heterocycles. The lowest BCUT2D eigenvalue weighted by Gasteiger charge is -2.06. The van der Waals surface area contributed by atoms with Gasteiger partial charge in [-0.3, -0.25) is 9.59 Å². The van der Waals surface area contributed by atoms with Gasteiger partial charge in [-0.2, -0.15) is 0 Å². The number of halogens is 1. The SMILES string of the molecule is O=C(CSc1cn(CCNC(=O)c2cccs2)c2ccccc12)Nc1ccc(Br)cc1. The van der Waals surface area contributed by atoms with Crippen LogP contribution in [0.5, 0.6) is 0 Å². The first-order valence-electron chi connectivity index (χ1n) is 9.68. The molecular formula is C23H20BrN3O2S2. The zero-order valence-electron chi connectivity index (χ0n) is 16.5. The number of fused-ring (bicyclic) bond motifs is 1. The number of amides is 2. The number of para-hydroxylation sites is 1. The van der Waals surface area contributed by atoms with Gasteiger partial charge >= 0.3 is 0 Å². The van der Waals surface area contributed by atoms with Crippen molar-refractivity contribution in [2.75, 3.05) is 17.6 Å². The van der Waals surface area contributed by atoms with Crippen molar-refractivity contribution in [3.05, 3.63) is 81.6 Å². The zero-order valence-corrected chi connectivity index (χ0v) is 19.7. The number of thiophene rings is 1. The van der Waals surface area contributed by atoms with Crippen LogP contribution in [0.15, 0.2) is 81.6 Å². The maximum absolute atomic E-state index is 12.4. The van der Waals surface area contributed by atoms with E-state index >= 15 is 0 Å². The Kier molecular flexibility index (Phi) is 7.11. The maximum atomic E-state index is 12.4. The fourth-order valence-corrected chi connectivity index (χ4v) is 4.96. The third-order valence-corrected chi connectivity index (χ3v) is 7.06. The van der Waals surface area contributed by atoms with Gasteiger partial charge in [-0.05, 0) is 41.8 Å². The van der Waals surface area contributed by atoms with E-state index in [9.17, 15) is 9.59 Å². The summed E-state index contributed by atoms with van der Waals surface area (Å²) in [5, 5.41) is 8.88. The van der Waals surface area contributed by atoms with Crippen LogP contribution in [0.1, 0.15) is 9.67 Å². The number of benzene rings is 2. The Morgan fingerprint density at radius 2 is 1.84 bits per heavy atom. The van der Waals surface area contributed by atoms with Gasteiger partial charge in [-0.25, -0.2) is 0 Å². The lowest BCUT2D eigenvalue weighted by molar-refractivity contribution is -0.113. The van der Waals surface area contributed by atoms with Gasteiger partial charge in [0.25, 0.3) is 5.91 Å². The van der Waals surface area contributed by atoms with Crippen LogP contribution in [0.25, 0.3) is 10.9 Å². The van der Waals surface area contributed by atoms with Crippen molar-refractivity contribution < 1.29 is 9.59 Å². The quantitative estimate of drug-likeness (QED) is 0.300. The molecule has 0 atom stereocenters. The van der Waals surface area contributed by atoms with E-state index in [2.05, 4.69) is 49.5 Å². The van der Waals surface area contributed by atoms with Gasteiger partial charge in [-0.15, -0.1) is 23.1 Å². The Morgan fingerprint density at radius 1 is 1.03 bits per heavy atom. The monoisotopic (exact) mass is 513 g/mol. The third-order valence-electron chi connectivity index (χ3n) is 4.62. The van der Waals surface area contributed by atoms with Gasteiger partial charge < -0.3 is 15.2 Å². The van der Waals surface area contributed by atoms with Crippen LogP contribution in [0.3, 0.4) is 0 Å².